The molecule has 174 valence electrons. The summed E-state index contributed by atoms with van der Waals surface area (Å²) in [6.45, 7) is 9.48. The highest BCUT2D eigenvalue weighted by molar-refractivity contribution is 5.84. The van der Waals surface area contributed by atoms with Gasteiger partial charge in [-0.15, -0.1) is 0 Å². The second-order valence-corrected chi connectivity index (χ2v) is 10.7. The normalized spacial score (nSPS) is 21.1. The first-order valence-electron chi connectivity index (χ1n) is 11.4. The van der Waals surface area contributed by atoms with Crippen molar-refractivity contribution in [3.05, 3.63) is 41.9 Å². The third-order valence-corrected chi connectivity index (χ3v) is 6.68. The molecule has 1 N–H and O–H groups in total. The zero-order valence-electron chi connectivity index (χ0n) is 19.7. The monoisotopic (exact) mass is 449 g/mol. The zero-order valence-corrected chi connectivity index (χ0v) is 19.7. The van der Waals surface area contributed by atoms with Crippen LogP contribution in [0.3, 0.4) is 0 Å². The highest BCUT2D eigenvalue weighted by Gasteiger charge is 2.35. The summed E-state index contributed by atoms with van der Waals surface area (Å²) in [6, 6.07) is 9.48. The number of aromatic nitrogens is 3. The van der Waals surface area contributed by atoms with Crippen LogP contribution in [0.4, 0.5) is 10.7 Å². The lowest BCUT2D eigenvalue weighted by atomic mass is 9.70. The topological polar surface area (TPSA) is 108 Å². The van der Waals surface area contributed by atoms with Crippen LogP contribution in [-0.4, -0.2) is 32.5 Å². The molecule has 2 unspecified atom stereocenters. The van der Waals surface area contributed by atoms with E-state index < -0.39 is 6.09 Å². The van der Waals surface area contributed by atoms with Crippen molar-refractivity contribution in [2.45, 2.75) is 65.3 Å². The van der Waals surface area contributed by atoms with Gasteiger partial charge in [-0.2, -0.15) is 5.26 Å². The molecule has 1 aliphatic carbocycles. The lowest BCUT2D eigenvalue weighted by Crippen LogP contribution is -2.39. The third-order valence-electron chi connectivity index (χ3n) is 6.68. The van der Waals surface area contributed by atoms with Crippen molar-refractivity contribution in [2.75, 3.05) is 11.4 Å². The Kier molecular flexibility index (Phi) is 5.91. The molecule has 0 spiro atoms. The maximum Gasteiger partial charge on any atom is 0.414 e. The van der Waals surface area contributed by atoms with Crippen molar-refractivity contribution in [2.24, 2.45) is 11.3 Å². The minimum absolute atomic E-state index is 0.00134. The van der Waals surface area contributed by atoms with Gasteiger partial charge in [0.25, 0.3) is 0 Å². The molecule has 3 aromatic rings. The van der Waals surface area contributed by atoms with Gasteiger partial charge in [0.2, 0.25) is 5.88 Å². The molecular weight excluding hydrogens is 418 g/mol. The van der Waals surface area contributed by atoms with E-state index in [0.29, 0.717) is 12.1 Å². The van der Waals surface area contributed by atoms with Gasteiger partial charge in [-0.3, -0.25) is 0 Å². The van der Waals surface area contributed by atoms with Gasteiger partial charge in [0.15, 0.2) is 0 Å². The van der Waals surface area contributed by atoms with E-state index in [9.17, 15) is 15.2 Å². The number of fused-ring (bicyclic) bond motifs is 1. The molecule has 8 nitrogen and oxygen atoms in total. The van der Waals surface area contributed by atoms with Crippen LogP contribution < -0.4 is 4.90 Å². The summed E-state index contributed by atoms with van der Waals surface area (Å²) in [4.78, 5) is 17.8. The summed E-state index contributed by atoms with van der Waals surface area (Å²) < 4.78 is 7.54. The van der Waals surface area contributed by atoms with Crippen molar-refractivity contribution < 1.29 is 14.4 Å². The Morgan fingerprint density at radius 2 is 2.18 bits per heavy atom. The summed E-state index contributed by atoms with van der Waals surface area (Å²) in [5.41, 5.74) is 2.98. The van der Waals surface area contributed by atoms with Crippen molar-refractivity contribution in [1.29, 1.82) is 5.26 Å². The van der Waals surface area contributed by atoms with Gasteiger partial charge in [-0.1, -0.05) is 39.3 Å². The predicted octanol–water partition coefficient (Wildman–Crippen LogP) is 5.57. The third kappa shape index (κ3) is 4.87. The SMILES string of the molecule is CC1(Cn2cnc3ccc(C#N)cc32)CCCC(CN(C(=O)O)c2cc(C(C)(C)C)no2)C1. The lowest BCUT2D eigenvalue weighted by molar-refractivity contribution is 0.135. The summed E-state index contributed by atoms with van der Waals surface area (Å²) in [7, 11) is 0. The number of nitriles is 1. The maximum absolute atomic E-state index is 12.1. The summed E-state index contributed by atoms with van der Waals surface area (Å²) >= 11 is 0. The van der Waals surface area contributed by atoms with Crippen LogP contribution in [0.5, 0.6) is 0 Å². The van der Waals surface area contributed by atoms with E-state index in [-0.39, 0.29) is 22.6 Å². The number of carboxylic acid groups (broad SMARTS) is 1. The first kappa shape index (κ1) is 22.8. The number of anilines is 1. The molecule has 1 aromatic carbocycles. The van der Waals surface area contributed by atoms with E-state index in [1.807, 2.05) is 39.2 Å². The van der Waals surface area contributed by atoms with Crippen LogP contribution in [0.2, 0.25) is 0 Å². The number of imidazole rings is 1. The molecule has 1 saturated carbocycles. The van der Waals surface area contributed by atoms with Crippen molar-refractivity contribution in [1.82, 2.24) is 14.7 Å². The quantitative estimate of drug-likeness (QED) is 0.545. The molecule has 2 aromatic heterocycles. The fraction of sp³-hybridized carbons (Fsp3) is 0.520. The van der Waals surface area contributed by atoms with Gasteiger partial charge >= 0.3 is 6.09 Å². The Labute approximate surface area is 193 Å². The van der Waals surface area contributed by atoms with Crippen LogP contribution in [0.25, 0.3) is 11.0 Å². The van der Waals surface area contributed by atoms with E-state index in [2.05, 4.69) is 27.7 Å². The molecule has 0 aliphatic heterocycles. The first-order valence-corrected chi connectivity index (χ1v) is 11.4. The van der Waals surface area contributed by atoms with Gasteiger partial charge in [0.05, 0.1) is 34.7 Å². The van der Waals surface area contributed by atoms with Gasteiger partial charge in [0, 0.05) is 24.6 Å². The van der Waals surface area contributed by atoms with E-state index >= 15 is 0 Å². The number of benzene rings is 1. The molecule has 8 heteroatoms. The number of carbonyl (C=O) groups is 1. The second-order valence-electron chi connectivity index (χ2n) is 10.7. The summed E-state index contributed by atoms with van der Waals surface area (Å²) in [5, 5.41) is 23.2. The summed E-state index contributed by atoms with van der Waals surface area (Å²) in [6.07, 6.45) is 4.78. The number of hydrogen-bond acceptors (Lipinski definition) is 5. The molecule has 1 aliphatic rings. The zero-order chi connectivity index (χ0) is 23.8. The van der Waals surface area contributed by atoms with E-state index in [1.165, 1.54) is 4.90 Å². The Bertz CT molecular complexity index is 1200. The van der Waals surface area contributed by atoms with E-state index in [1.54, 1.807) is 12.1 Å². The average molecular weight is 450 g/mol. The standard InChI is InChI=1S/C25H31N5O3/c1-24(2,3)21-11-22(33-28-21)30(23(31)32)14-18-6-5-9-25(4,12-18)15-29-16-27-19-8-7-17(13-26)10-20(19)29/h7-8,10-11,16,18H,5-6,9,12,14-15H2,1-4H3,(H,31,32). The molecule has 33 heavy (non-hydrogen) atoms. The Hall–Kier alpha value is -3.34. The largest absolute Gasteiger partial charge is 0.465 e. The van der Waals surface area contributed by atoms with E-state index in [4.69, 9.17) is 4.52 Å². The molecule has 1 amide bonds. The van der Waals surface area contributed by atoms with Gasteiger partial charge < -0.3 is 14.2 Å². The Morgan fingerprint density at radius 1 is 1.39 bits per heavy atom. The highest BCUT2D eigenvalue weighted by atomic mass is 16.5. The lowest BCUT2D eigenvalue weighted by Gasteiger charge is -2.39. The second kappa shape index (κ2) is 8.54. The molecule has 2 heterocycles. The van der Waals surface area contributed by atoms with Crippen LogP contribution in [-0.2, 0) is 12.0 Å². The maximum atomic E-state index is 12.1. The van der Waals surface area contributed by atoms with Crippen molar-refractivity contribution in [3.8, 4) is 6.07 Å². The minimum atomic E-state index is -1.02. The van der Waals surface area contributed by atoms with Gasteiger partial charge in [-0.05, 0) is 48.8 Å². The van der Waals surface area contributed by atoms with Gasteiger partial charge in [0.1, 0.15) is 0 Å². The van der Waals surface area contributed by atoms with Crippen molar-refractivity contribution in [3.63, 3.8) is 0 Å². The molecular formula is C25H31N5O3. The average Bonchev–Trinajstić information content (AvgIpc) is 3.39. The van der Waals surface area contributed by atoms with Crippen molar-refractivity contribution >= 4 is 23.0 Å². The van der Waals surface area contributed by atoms with Crippen LogP contribution in [0.1, 0.15) is 64.6 Å². The molecule has 2 atom stereocenters. The highest BCUT2D eigenvalue weighted by Crippen LogP contribution is 2.42. The summed E-state index contributed by atoms with van der Waals surface area (Å²) in [5.74, 6) is 0.497. The van der Waals surface area contributed by atoms with Gasteiger partial charge in [-0.25, -0.2) is 14.7 Å². The minimum Gasteiger partial charge on any atom is -0.465 e. The van der Waals surface area contributed by atoms with Crippen LogP contribution in [0.15, 0.2) is 35.1 Å². The first-order chi connectivity index (χ1) is 15.6. The van der Waals surface area contributed by atoms with Crippen LogP contribution >= 0.6 is 0 Å². The number of hydrogen-bond donors (Lipinski definition) is 1. The Balaban J connectivity index is 1.51. The smallest absolute Gasteiger partial charge is 0.414 e. The fourth-order valence-electron chi connectivity index (χ4n) is 4.95. The molecule has 0 radical (unpaired) electrons. The van der Waals surface area contributed by atoms with E-state index in [0.717, 1.165) is 49.0 Å². The fourth-order valence-corrected chi connectivity index (χ4v) is 4.95. The predicted molar refractivity (Wildman–Crippen MR) is 125 cm³/mol. The van der Waals surface area contributed by atoms with Crippen LogP contribution in [0, 0.1) is 22.7 Å². The molecule has 1 fully saturated rings. The number of amides is 1. The number of nitrogens with zero attached hydrogens (tertiary/aromatic N) is 5. The molecule has 4 rings (SSSR count). The Morgan fingerprint density at radius 3 is 2.85 bits per heavy atom. The molecule has 0 bridgehead atoms. The number of rotatable bonds is 5. The molecule has 0 saturated heterocycles.